The van der Waals surface area contributed by atoms with Crippen LogP contribution < -0.4 is 10.6 Å². The molecule has 1 aromatic heterocycles. The Labute approximate surface area is 118 Å². The summed E-state index contributed by atoms with van der Waals surface area (Å²) in [6.45, 7) is 8.25. The maximum absolute atomic E-state index is 11.9. The molecular formula is C13H19ClN4O. The minimum absolute atomic E-state index is 0.0190. The minimum atomic E-state index is -0.0190. The predicted molar refractivity (Wildman–Crippen MR) is 76.5 cm³/mol. The van der Waals surface area contributed by atoms with E-state index in [0.29, 0.717) is 23.6 Å². The Bertz CT molecular complexity index is 510. The molecule has 1 atom stereocenters. The van der Waals surface area contributed by atoms with Crippen molar-refractivity contribution in [2.45, 2.75) is 46.6 Å². The molecule has 2 N–H and O–H groups in total. The Morgan fingerprint density at radius 2 is 2.05 bits per heavy atom. The highest BCUT2D eigenvalue weighted by atomic mass is 35.5. The average molecular weight is 283 g/mol. The normalized spacial score (nSPS) is 19.2. The largest absolute Gasteiger partial charge is 0.365 e. The fraction of sp³-hybridized carbons (Fsp3) is 0.615. The van der Waals surface area contributed by atoms with E-state index in [0.717, 1.165) is 6.42 Å². The van der Waals surface area contributed by atoms with Crippen molar-refractivity contribution in [3.63, 3.8) is 0 Å². The lowest BCUT2D eigenvalue weighted by Crippen LogP contribution is -2.28. The highest BCUT2D eigenvalue weighted by molar-refractivity contribution is 6.28. The molecule has 1 aromatic rings. The second-order valence-electron chi connectivity index (χ2n) is 6.16. The van der Waals surface area contributed by atoms with E-state index in [-0.39, 0.29) is 22.6 Å². The molecule has 0 bridgehead atoms. The molecule has 1 aliphatic heterocycles. The maximum atomic E-state index is 11.9. The van der Waals surface area contributed by atoms with Gasteiger partial charge in [0.15, 0.2) is 5.82 Å². The van der Waals surface area contributed by atoms with Gasteiger partial charge < -0.3 is 10.6 Å². The van der Waals surface area contributed by atoms with Gasteiger partial charge in [0, 0.05) is 12.5 Å². The lowest BCUT2D eigenvalue weighted by atomic mass is 9.87. The predicted octanol–water partition coefficient (Wildman–Crippen LogP) is 3.00. The molecule has 0 saturated heterocycles. The van der Waals surface area contributed by atoms with E-state index in [1.807, 2.05) is 0 Å². The number of hydrogen-bond donors (Lipinski definition) is 2. The van der Waals surface area contributed by atoms with Crippen LogP contribution in [0.15, 0.2) is 0 Å². The summed E-state index contributed by atoms with van der Waals surface area (Å²) in [5.74, 6) is 0.590. The minimum Gasteiger partial charge on any atom is -0.365 e. The van der Waals surface area contributed by atoms with E-state index >= 15 is 0 Å². The van der Waals surface area contributed by atoms with Gasteiger partial charge in [-0.05, 0) is 30.4 Å². The van der Waals surface area contributed by atoms with E-state index in [4.69, 9.17) is 11.6 Å². The van der Waals surface area contributed by atoms with Crippen LogP contribution >= 0.6 is 11.6 Å². The van der Waals surface area contributed by atoms with Gasteiger partial charge in [0.25, 0.3) is 0 Å². The van der Waals surface area contributed by atoms with Crippen LogP contribution in [0.5, 0.6) is 0 Å². The fourth-order valence-electron chi connectivity index (χ4n) is 2.31. The summed E-state index contributed by atoms with van der Waals surface area (Å²) in [6.07, 6.45) is 1.30. The number of carbonyl (C=O) groups is 1. The molecule has 0 aromatic carbocycles. The number of carbonyl (C=O) groups excluding carboxylic acids is 1. The van der Waals surface area contributed by atoms with Gasteiger partial charge in [-0.3, -0.25) is 4.79 Å². The molecule has 1 aliphatic rings. The molecule has 0 saturated carbocycles. The van der Waals surface area contributed by atoms with Gasteiger partial charge in [-0.2, -0.15) is 4.98 Å². The Balaban J connectivity index is 2.33. The molecule has 0 radical (unpaired) electrons. The third-order valence-corrected chi connectivity index (χ3v) is 3.13. The smallest absolute Gasteiger partial charge is 0.226 e. The van der Waals surface area contributed by atoms with Gasteiger partial charge >= 0.3 is 0 Å². The second-order valence-corrected chi connectivity index (χ2v) is 6.50. The van der Waals surface area contributed by atoms with Gasteiger partial charge in [0.05, 0.1) is 5.69 Å². The number of nitrogens with zero attached hydrogens (tertiary/aromatic N) is 2. The number of aromatic nitrogens is 2. The molecule has 104 valence electrons. The quantitative estimate of drug-likeness (QED) is 0.777. The highest BCUT2D eigenvalue weighted by Crippen LogP contribution is 2.31. The lowest BCUT2D eigenvalue weighted by Gasteiger charge is -2.25. The first-order valence-corrected chi connectivity index (χ1v) is 6.73. The summed E-state index contributed by atoms with van der Waals surface area (Å²) in [5.41, 5.74) is 1.44. The number of hydrogen-bond acceptors (Lipinski definition) is 4. The molecule has 0 fully saturated rings. The van der Waals surface area contributed by atoms with Crippen LogP contribution in [0.2, 0.25) is 5.28 Å². The van der Waals surface area contributed by atoms with Crippen LogP contribution in [-0.4, -0.2) is 21.9 Å². The Morgan fingerprint density at radius 1 is 1.37 bits per heavy atom. The number of nitrogens with one attached hydrogen (secondary N) is 2. The van der Waals surface area contributed by atoms with Crippen LogP contribution in [0.1, 0.15) is 39.3 Å². The monoisotopic (exact) mass is 282 g/mol. The fourth-order valence-corrected chi connectivity index (χ4v) is 2.53. The SMILES string of the molecule is Cc1nc(Cl)nc2c1NC(=O)CC(CC(C)(C)C)N2. The number of anilines is 2. The number of rotatable bonds is 1. The van der Waals surface area contributed by atoms with Gasteiger partial charge in [-0.25, -0.2) is 4.98 Å². The van der Waals surface area contributed by atoms with Crippen LogP contribution in [0.4, 0.5) is 11.5 Å². The van der Waals surface area contributed by atoms with Crippen LogP contribution in [-0.2, 0) is 4.79 Å². The van der Waals surface area contributed by atoms with Crippen molar-refractivity contribution in [2.75, 3.05) is 10.6 Å². The van der Waals surface area contributed by atoms with Crippen LogP contribution in [0.3, 0.4) is 0 Å². The van der Waals surface area contributed by atoms with E-state index in [2.05, 4.69) is 41.4 Å². The number of halogens is 1. The van der Waals surface area contributed by atoms with E-state index in [1.165, 1.54) is 0 Å². The third-order valence-electron chi connectivity index (χ3n) is 2.96. The van der Waals surface area contributed by atoms with Crippen LogP contribution in [0, 0.1) is 12.3 Å². The molecule has 0 aliphatic carbocycles. The van der Waals surface area contributed by atoms with Crippen molar-refractivity contribution in [1.82, 2.24) is 9.97 Å². The number of fused-ring (bicyclic) bond motifs is 1. The first-order valence-electron chi connectivity index (χ1n) is 6.35. The van der Waals surface area contributed by atoms with Gasteiger partial charge in [-0.1, -0.05) is 20.8 Å². The van der Waals surface area contributed by atoms with E-state index < -0.39 is 0 Å². The number of aryl methyl sites for hydroxylation is 1. The summed E-state index contributed by atoms with van der Waals surface area (Å²) >= 11 is 5.88. The van der Waals surface area contributed by atoms with Crippen molar-refractivity contribution in [2.24, 2.45) is 5.41 Å². The molecule has 2 rings (SSSR count). The Hall–Kier alpha value is -1.36. The lowest BCUT2D eigenvalue weighted by molar-refractivity contribution is -0.116. The summed E-state index contributed by atoms with van der Waals surface area (Å²) in [6, 6.07) is 0.0478. The van der Waals surface area contributed by atoms with E-state index in [9.17, 15) is 4.79 Å². The molecule has 19 heavy (non-hydrogen) atoms. The summed E-state index contributed by atoms with van der Waals surface area (Å²) < 4.78 is 0. The molecule has 2 heterocycles. The topological polar surface area (TPSA) is 66.9 Å². The third kappa shape index (κ3) is 3.56. The van der Waals surface area contributed by atoms with Gasteiger partial charge in [-0.15, -0.1) is 0 Å². The maximum Gasteiger partial charge on any atom is 0.226 e. The summed E-state index contributed by atoms with van der Waals surface area (Å²) in [7, 11) is 0. The van der Waals surface area contributed by atoms with Crippen LogP contribution in [0.25, 0.3) is 0 Å². The molecule has 1 unspecified atom stereocenters. The second kappa shape index (κ2) is 4.96. The highest BCUT2D eigenvalue weighted by Gasteiger charge is 2.27. The molecular weight excluding hydrogens is 264 g/mol. The standard InChI is InChI=1S/C13H19ClN4O/c1-7-10-11(18-12(14)15-7)16-8(5-9(19)17-10)6-13(2,3)4/h8H,5-6H2,1-4H3,(H,17,19)(H,15,16,18). The van der Waals surface area contributed by atoms with Crippen molar-refractivity contribution in [1.29, 1.82) is 0 Å². The zero-order chi connectivity index (χ0) is 14.2. The van der Waals surface area contributed by atoms with Crippen molar-refractivity contribution >= 4 is 29.0 Å². The zero-order valence-electron chi connectivity index (χ0n) is 11.7. The van der Waals surface area contributed by atoms with Gasteiger partial charge in [0.1, 0.15) is 5.69 Å². The summed E-state index contributed by atoms with van der Waals surface area (Å²) in [5, 5.41) is 6.35. The first kappa shape index (κ1) is 14.1. The van der Waals surface area contributed by atoms with Gasteiger partial charge in [0.2, 0.25) is 11.2 Å². The Morgan fingerprint density at radius 3 is 2.68 bits per heavy atom. The van der Waals surface area contributed by atoms with Crippen molar-refractivity contribution < 1.29 is 4.79 Å². The van der Waals surface area contributed by atoms with E-state index in [1.54, 1.807) is 6.92 Å². The zero-order valence-corrected chi connectivity index (χ0v) is 12.4. The van der Waals surface area contributed by atoms with Crippen molar-refractivity contribution in [3.8, 4) is 0 Å². The molecule has 1 amide bonds. The first-order chi connectivity index (χ1) is 8.74. The Kier molecular flexibility index (Phi) is 3.67. The van der Waals surface area contributed by atoms with Crippen molar-refractivity contribution in [3.05, 3.63) is 11.0 Å². The molecule has 0 spiro atoms. The summed E-state index contributed by atoms with van der Waals surface area (Å²) in [4.78, 5) is 20.2. The number of amides is 1. The molecule has 5 nitrogen and oxygen atoms in total. The average Bonchev–Trinajstić information content (AvgIpc) is 2.33. The molecule has 6 heteroatoms.